The van der Waals surface area contributed by atoms with Crippen molar-refractivity contribution in [3.8, 4) is 5.75 Å². The van der Waals surface area contributed by atoms with E-state index in [1.165, 1.54) is 12.1 Å². The number of aromatic hydroxyl groups is 1. The van der Waals surface area contributed by atoms with Crippen LogP contribution in [0.1, 0.15) is 46.1 Å². The first-order chi connectivity index (χ1) is 13.5. The molecule has 0 heterocycles. The average molecular weight is 408 g/mol. The lowest BCUT2D eigenvalue weighted by molar-refractivity contribution is -0.142. The molecule has 6 N–H and O–H groups in total. The molecule has 0 bridgehead atoms. The molecule has 1 aromatic rings. The van der Waals surface area contributed by atoms with Crippen LogP contribution < -0.4 is 16.4 Å². The van der Waals surface area contributed by atoms with Crippen molar-refractivity contribution in [3.05, 3.63) is 29.8 Å². The second kappa shape index (κ2) is 11.4. The summed E-state index contributed by atoms with van der Waals surface area (Å²) in [6, 6.07) is 3.59. The van der Waals surface area contributed by atoms with Gasteiger partial charge in [-0.25, -0.2) is 4.79 Å². The summed E-state index contributed by atoms with van der Waals surface area (Å²) in [5, 5.41) is 23.9. The molecule has 0 unspecified atom stereocenters. The van der Waals surface area contributed by atoms with Gasteiger partial charge in [0, 0.05) is 0 Å². The van der Waals surface area contributed by atoms with Crippen molar-refractivity contribution < 1.29 is 24.6 Å². The molecule has 0 radical (unpaired) electrons. The third-order valence-corrected chi connectivity index (χ3v) is 4.39. The summed E-state index contributed by atoms with van der Waals surface area (Å²) in [5.74, 6) is -1.81. The van der Waals surface area contributed by atoms with Crippen LogP contribution in [-0.2, 0) is 20.8 Å². The van der Waals surface area contributed by atoms with E-state index in [-0.39, 0.29) is 24.0 Å². The Morgan fingerprint density at radius 3 is 1.86 bits per heavy atom. The van der Waals surface area contributed by atoms with E-state index in [1.54, 1.807) is 12.1 Å². The number of hydrogen-bond acceptors (Lipinski definition) is 5. The fourth-order valence-electron chi connectivity index (χ4n) is 2.93. The van der Waals surface area contributed by atoms with Crippen molar-refractivity contribution in [3.63, 3.8) is 0 Å². The maximum atomic E-state index is 12.7. The summed E-state index contributed by atoms with van der Waals surface area (Å²) >= 11 is 0. The summed E-state index contributed by atoms with van der Waals surface area (Å²) in [6.45, 7) is 7.56. The number of nitrogens with two attached hydrogens (primary N) is 1. The smallest absolute Gasteiger partial charge is 0.326 e. The molecule has 2 amide bonds. The first kappa shape index (κ1) is 24.4. The highest BCUT2D eigenvalue weighted by molar-refractivity contribution is 5.91. The van der Waals surface area contributed by atoms with Gasteiger partial charge in [0.15, 0.2) is 0 Å². The molecule has 0 saturated heterocycles. The van der Waals surface area contributed by atoms with Crippen molar-refractivity contribution in [1.29, 1.82) is 0 Å². The normalized spacial score (nSPS) is 14.3. The standard InChI is InChI=1S/C21H33N3O5/c1-12(2)9-17(20(27)24-18(21(28)29)10-13(3)4)23-19(26)16(22)11-14-5-7-15(25)8-6-14/h5-8,12-13,16-18,25H,9-11,22H2,1-4H3,(H,23,26)(H,24,27)(H,28,29)/t16-,17-,18-/m0/s1. The molecule has 1 aromatic carbocycles. The van der Waals surface area contributed by atoms with Gasteiger partial charge in [-0.2, -0.15) is 0 Å². The lowest BCUT2D eigenvalue weighted by Gasteiger charge is -2.24. The summed E-state index contributed by atoms with van der Waals surface area (Å²) < 4.78 is 0. The number of phenols is 1. The quantitative estimate of drug-likeness (QED) is 0.375. The zero-order valence-electron chi connectivity index (χ0n) is 17.5. The molecule has 0 aliphatic rings. The van der Waals surface area contributed by atoms with Crippen LogP contribution in [0.2, 0.25) is 0 Å². The maximum Gasteiger partial charge on any atom is 0.326 e. The Labute approximate surface area is 171 Å². The lowest BCUT2D eigenvalue weighted by atomic mass is 9.99. The van der Waals surface area contributed by atoms with Gasteiger partial charge in [0.1, 0.15) is 17.8 Å². The van der Waals surface area contributed by atoms with E-state index >= 15 is 0 Å². The summed E-state index contributed by atoms with van der Waals surface area (Å²) in [5.41, 5.74) is 6.76. The second-order valence-corrected chi connectivity index (χ2v) is 8.20. The maximum absolute atomic E-state index is 12.7. The van der Waals surface area contributed by atoms with Crippen molar-refractivity contribution in [2.45, 2.75) is 65.1 Å². The van der Waals surface area contributed by atoms with Gasteiger partial charge in [-0.05, 0) is 48.8 Å². The minimum Gasteiger partial charge on any atom is -0.508 e. The fourth-order valence-corrected chi connectivity index (χ4v) is 2.93. The largest absolute Gasteiger partial charge is 0.508 e. The van der Waals surface area contributed by atoms with Crippen LogP contribution in [0.25, 0.3) is 0 Å². The SMILES string of the molecule is CC(C)C[C@H](NC(=O)[C@H](CC(C)C)NC(=O)[C@@H](N)Cc1ccc(O)cc1)C(=O)O. The first-order valence-corrected chi connectivity index (χ1v) is 9.86. The number of benzene rings is 1. The molecule has 0 aliphatic heterocycles. The zero-order valence-corrected chi connectivity index (χ0v) is 17.5. The van der Waals surface area contributed by atoms with Gasteiger partial charge in [0.05, 0.1) is 6.04 Å². The Morgan fingerprint density at radius 1 is 0.897 bits per heavy atom. The van der Waals surface area contributed by atoms with Crippen LogP contribution in [0.4, 0.5) is 0 Å². The van der Waals surface area contributed by atoms with E-state index in [9.17, 15) is 24.6 Å². The molecule has 3 atom stereocenters. The van der Waals surface area contributed by atoms with Crippen LogP contribution in [0.15, 0.2) is 24.3 Å². The van der Waals surface area contributed by atoms with Crippen LogP contribution in [0.5, 0.6) is 5.75 Å². The van der Waals surface area contributed by atoms with Crippen molar-refractivity contribution in [2.24, 2.45) is 17.6 Å². The van der Waals surface area contributed by atoms with Gasteiger partial charge in [-0.15, -0.1) is 0 Å². The highest BCUT2D eigenvalue weighted by Gasteiger charge is 2.28. The summed E-state index contributed by atoms with van der Waals surface area (Å²) in [7, 11) is 0. The fraction of sp³-hybridized carbons (Fsp3) is 0.571. The Balaban J connectivity index is 2.79. The number of nitrogens with one attached hydrogen (secondary N) is 2. The molecular weight excluding hydrogens is 374 g/mol. The van der Waals surface area contributed by atoms with Crippen molar-refractivity contribution in [2.75, 3.05) is 0 Å². The molecule has 0 fully saturated rings. The first-order valence-electron chi connectivity index (χ1n) is 9.86. The third-order valence-electron chi connectivity index (χ3n) is 4.39. The molecule has 1 rings (SSSR count). The molecule has 0 saturated carbocycles. The number of carboxylic acids is 1. The molecule has 0 aromatic heterocycles. The topological polar surface area (TPSA) is 142 Å². The van der Waals surface area contributed by atoms with Gasteiger partial charge < -0.3 is 26.6 Å². The van der Waals surface area contributed by atoms with Crippen LogP contribution in [0, 0.1) is 11.8 Å². The van der Waals surface area contributed by atoms with Crippen molar-refractivity contribution in [1.82, 2.24) is 10.6 Å². The average Bonchev–Trinajstić information content (AvgIpc) is 2.61. The van der Waals surface area contributed by atoms with Crippen LogP contribution in [0.3, 0.4) is 0 Å². The predicted octanol–water partition coefficient (Wildman–Crippen LogP) is 1.41. The Kier molecular flexibility index (Phi) is 9.61. The molecular formula is C21H33N3O5. The number of carboxylic acid groups (broad SMARTS) is 1. The Hall–Kier alpha value is -2.61. The number of rotatable bonds is 11. The Morgan fingerprint density at radius 2 is 1.38 bits per heavy atom. The minimum absolute atomic E-state index is 0.0910. The molecule has 8 nitrogen and oxygen atoms in total. The minimum atomic E-state index is -1.11. The van der Waals surface area contributed by atoms with E-state index in [1.807, 2.05) is 27.7 Å². The number of amides is 2. The number of aliphatic carboxylic acids is 1. The molecule has 29 heavy (non-hydrogen) atoms. The number of carbonyl (C=O) groups excluding carboxylic acids is 2. The van der Waals surface area contributed by atoms with Gasteiger partial charge in [0.25, 0.3) is 0 Å². The van der Waals surface area contributed by atoms with Gasteiger partial charge in [-0.3, -0.25) is 9.59 Å². The van der Waals surface area contributed by atoms with E-state index in [2.05, 4.69) is 10.6 Å². The van der Waals surface area contributed by atoms with Crippen LogP contribution in [-0.4, -0.2) is 46.1 Å². The van der Waals surface area contributed by atoms with Gasteiger partial charge in [0.2, 0.25) is 11.8 Å². The van der Waals surface area contributed by atoms with Gasteiger partial charge in [-0.1, -0.05) is 39.8 Å². The number of hydrogen-bond donors (Lipinski definition) is 5. The molecule has 8 heteroatoms. The van der Waals surface area contributed by atoms with E-state index in [0.29, 0.717) is 12.8 Å². The lowest BCUT2D eigenvalue weighted by Crippen LogP contribution is -2.55. The monoisotopic (exact) mass is 407 g/mol. The highest BCUT2D eigenvalue weighted by atomic mass is 16.4. The van der Waals surface area contributed by atoms with Crippen molar-refractivity contribution >= 4 is 17.8 Å². The summed E-state index contributed by atoms with van der Waals surface area (Å²) in [4.78, 5) is 36.6. The molecule has 0 spiro atoms. The summed E-state index contributed by atoms with van der Waals surface area (Å²) in [6.07, 6.45) is 0.897. The molecule has 162 valence electrons. The van der Waals surface area contributed by atoms with E-state index in [4.69, 9.17) is 5.73 Å². The third kappa shape index (κ3) is 8.95. The van der Waals surface area contributed by atoms with E-state index in [0.717, 1.165) is 5.56 Å². The highest BCUT2D eigenvalue weighted by Crippen LogP contribution is 2.12. The number of carbonyl (C=O) groups is 3. The second-order valence-electron chi connectivity index (χ2n) is 8.20. The Bertz CT molecular complexity index is 688. The number of phenolic OH excluding ortho intramolecular Hbond substituents is 1. The van der Waals surface area contributed by atoms with Crippen LogP contribution >= 0.6 is 0 Å². The molecule has 0 aliphatic carbocycles. The van der Waals surface area contributed by atoms with Gasteiger partial charge >= 0.3 is 5.97 Å². The predicted molar refractivity (Wildman–Crippen MR) is 110 cm³/mol. The zero-order chi connectivity index (χ0) is 22.1. The van der Waals surface area contributed by atoms with E-state index < -0.39 is 35.9 Å².